The first-order chi connectivity index (χ1) is 5.24. The number of hydrogen-bond donors (Lipinski definition) is 1. The summed E-state index contributed by atoms with van der Waals surface area (Å²) in [5.74, 6) is 0. The van der Waals surface area contributed by atoms with Gasteiger partial charge in [0.25, 0.3) is 0 Å². The molecule has 11 heavy (non-hydrogen) atoms. The largest absolute Gasteiger partial charge is 0.444 e. The summed E-state index contributed by atoms with van der Waals surface area (Å²) in [6.45, 7) is 1.37. The third kappa shape index (κ3) is 2.08. The quantitative estimate of drug-likeness (QED) is 0.637. The summed E-state index contributed by atoms with van der Waals surface area (Å²) in [5, 5.41) is 0. The first-order valence-corrected chi connectivity index (χ1v) is 3.86. The van der Waals surface area contributed by atoms with Crippen LogP contribution in [0, 0.1) is 0 Å². The Morgan fingerprint density at radius 1 is 1.82 bits per heavy atom. The molecule has 1 amide bonds. The van der Waals surface area contributed by atoms with E-state index in [9.17, 15) is 4.79 Å². The molecule has 1 rings (SSSR count). The molecule has 0 aromatic heterocycles. The Morgan fingerprint density at radius 3 is 3.00 bits per heavy atom. The van der Waals surface area contributed by atoms with Crippen LogP contribution in [-0.2, 0) is 4.74 Å². The van der Waals surface area contributed by atoms with E-state index >= 15 is 0 Å². The van der Waals surface area contributed by atoms with E-state index in [0.717, 1.165) is 12.8 Å². The predicted octanol–water partition coefficient (Wildman–Crippen LogP) is 0.176. The lowest BCUT2D eigenvalue weighted by atomic mass is 10.2. The monoisotopic (exact) mass is 158 g/mol. The van der Waals surface area contributed by atoms with Gasteiger partial charge in [-0.15, -0.1) is 0 Å². The van der Waals surface area contributed by atoms with E-state index in [4.69, 9.17) is 10.5 Å². The standard InChI is InChI=1S/C7H14N2O2/c1-9-5-6(3-2-4-8)11-7(9)10/h6H,2-5,8H2,1H3. The molecule has 1 unspecified atom stereocenters. The zero-order valence-electron chi connectivity index (χ0n) is 6.75. The van der Waals surface area contributed by atoms with Crippen molar-refractivity contribution < 1.29 is 9.53 Å². The molecular formula is C7H14N2O2. The van der Waals surface area contributed by atoms with Crippen LogP contribution in [0.5, 0.6) is 0 Å². The number of amides is 1. The molecule has 0 bridgehead atoms. The minimum absolute atomic E-state index is 0.0658. The summed E-state index contributed by atoms with van der Waals surface area (Å²) >= 11 is 0. The molecule has 2 N–H and O–H groups in total. The fraction of sp³-hybridized carbons (Fsp3) is 0.857. The normalized spacial score (nSPS) is 24.0. The summed E-state index contributed by atoms with van der Waals surface area (Å²) in [6, 6.07) is 0. The highest BCUT2D eigenvalue weighted by Gasteiger charge is 2.27. The first-order valence-electron chi connectivity index (χ1n) is 3.86. The van der Waals surface area contributed by atoms with Crippen molar-refractivity contribution in [3.05, 3.63) is 0 Å². The number of carbonyl (C=O) groups is 1. The molecule has 1 heterocycles. The van der Waals surface area contributed by atoms with Gasteiger partial charge in [-0.2, -0.15) is 0 Å². The van der Waals surface area contributed by atoms with E-state index in [1.165, 1.54) is 0 Å². The highest BCUT2D eigenvalue weighted by Crippen LogP contribution is 2.12. The second-order valence-electron chi connectivity index (χ2n) is 2.82. The van der Waals surface area contributed by atoms with Gasteiger partial charge in [-0.1, -0.05) is 0 Å². The fourth-order valence-corrected chi connectivity index (χ4v) is 1.15. The molecule has 1 atom stereocenters. The van der Waals surface area contributed by atoms with E-state index < -0.39 is 0 Å². The number of carbonyl (C=O) groups excluding carboxylic acids is 1. The fourth-order valence-electron chi connectivity index (χ4n) is 1.15. The van der Waals surface area contributed by atoms with Crippen molar-refractivity contribution in [3.8, 4) is 0 Å². The molecular weight excluding hydrogens is 144 g/mol. The van der Waals surface area contributed by atoms with Crippen LogP contribution in [-0.4, -0.2) is 37.2 Å². The molecule has 0 aromatic rings. The number of hydrogen-bond acceptors (Lipinski definition) is 3. The Labute approximate surface area is 66.3 Å². The van der Waals surface area contributed by atoms with Gasteiger partial charge in [0.2, 0.25) is 0 Å². The van der Waals surface area contributed by atoms with Crippen LogP contribution in [0.4, 0.5) is 4.79 Å². The lowest BCUT2D eigenvalue weighted by Crippen LogP contribution is -2.19. The maximum atomic E-state index is 10.8. The molecule has 1 fully saturated rings. The van der Waals surface area contributed by atoms with Crippen molar-refractivity contribution in [2.45, 2.75) is 18.9 Å². The number of nitrogens with zero attached hydrogens (tertiary/aromatic N) is 1. The maximum absolute atomic E-state index is 10.8. The molecule has 0 spiro atoms. The number of nitrogens with two attached hydrogens (primary N) is 1. The number of likely N-dealkylation sites (N-methyl/N-ethyl adjacent to an activating group) is 1. The van der Waals surface area contributed by atoms with E-state index in [1.54, 1.807) is 11.9 Å². The lowest BCUT2D eigenvalue weighted by Gasteiger charge is -2.05. The average molecular weight is 158 g/mol. The molecule has 0 aliphatic carbocycles. The van der Waals surface area contributed by atoms with E-state index in [2.05, 4.69) is 0 Å². The third-order valence-electron chi connectivity index (χ3n) is 1.79. The van der Waals surface area contributed by atoms with Gasteiger partial charge in [0, 0.05) is 7.05 Å². The SMILES string of the molecule is CN1CC(CCCN)OC1=O. The maximum Gasteiger partial charge on any atom is 0.409 e. The summed E-state index contributed by atoms with van der Waals surface area (Å²) in [7, 11) is 1.74. The molecule has 0 radical (unpaired) electrons. The van der Waals surface area contributed by atoms with Crippen molar-refractivity contribution in [1.29, 1.82) is 0 Å². The van der Waals surface area contributed by atoms with Gasteiger partial charge in [0.1, 0.15) is 6.10 Å². The first kappa shape index (κ1) is 8.33. The molecule has 4 heteroatoms. The molecule has 64 valence electrons. The third-order valence-corrected chi connectivity index (χ3v) is 1.79. The van der Waals surface area contributed by atoms with Gasteiger partial charge in [-0.3, -0.25) is 0 Å². The lowest BCUT2D eigenvalue weighted by molar-refractivity contribution is 0.130. The molecule has 1 aliphatic heterocycles. The minimum Gasteiger partial charge on any atom is -0.444 e. The summed E-state index contributed by atoms with van der Waals surface area (Å²) in [4.78, 5) is 12.4. The van der Waals surface area contributed by atoms with Gasteiger partial charge >= 0.3 is 6.09 Å². The Morgan fingerprint density at radius 2 is 2.55 bits per heavy atom. The van der Waals surface area contributed by atoms with E-state index in [0.29, 0.717) is 13.1 Å². The van der Waals surface area contributed by atoms with Crippen LogP contribution < -0.4 is 5.73 Å². The zero-order chi connectivity index (χ0) is 8.27. The molecule has 1 saturated heterocycles. The van der Waals surface area contributed by atoms with Crippen LogP contribution in [0.3, 0.4) is 0 Å². The van der Waals surface area contributed by atoms with Gasteiger partial charge in [0.05, 0.1) is 6.54 Å². The Balaban J connectivity index is 2.24. The average Bonchev–Trinajstić information content (AvgIpc) is 2.28. The number of cyclic esters (lactones) is 1. The second kappa shape index (κ2) is 3.57. The van der Waals surface area contributed by atoms with Gasteiger partial charge in [0.15, 0.2) is 0 Å². The van der Waals surface area contributed by atoms with E-state index in [-0.39, 0.29) is 12.2 Å². The highest BCUT2D eigenvalue weighted by atomic mass is 16.6. The van der Waals surface area contributed by atoms with Gasteiger partial charge < -0.3 is 15.4 Å². The van der Waals surface area contributed by atoms with Crippen molar-refractivity contribution in [2.24, 2.45) is 5.73 Å². The number of ether oxygens (including phenoxy) is 1. The Hall–Kier alpha value is -0.770. The van der Waals surface area contributed by atoms with Crippen molar-refractivity contribution >= 4 is 6.09 Å². The highest BCUT2D eigenvalue weighted by molar-refractivity contribution is 5.69. The van der Waals surface area contributed by atoms with Gasteiger partial charge in [-0.05, 0) is 19.4 Å². The summed E-state index contributed by atoms with van der Waals surface area (Å²) in [6.07, 6.45) is 1.65. The van der Waals surface area contributed by atoms with Gasteiger partial charge in [-0.25, -0.2) is 4.79 Å². The summed E-state index contributed by atoms with van der Waals surface area (Å²) < 4.78 is 5.01. The van der Waals surface area contributed by atoms with Crippen molar-refractivity contribution in [3.63, 3.8) is 0 Å². The van der Waals surface area contributed by atoms with E-state index in [1.807, 2.05) is 0 Å². The Kier molecular flexibility index (Phi) is 2.70. The van der Waals surface area contributed by atoms with Crippen LogP contribution in [0.2, 0.25) is 0 Å². The van der Waals surface area contributed by atoms with Crippen LogP contribution in [0.25, 0.3) is 0 Å². The zero-order valence-corrected chi connectivity index (χ0v) is 6.75. The second-order valence-corrected chi connectivity index (χ2v) is 2.82. The van der Waals surface area contributed by atoms with Crippen LogP contribution in [0.1, 0.15) is 12.8 Å². The smallest absolute Gasteiger partial charge is 0.409 e. The number of rotatable bonds is 3. The molecule has 0 saturated carbocycles. The Bertz CT molecular complexity index is 149. The van der Waals surface area contributed by atoms with Crippen LogP contribution in [0.15, 0.2) is 0 Å². The molecule has 0 aromatic carbocycles. The van der Waals surface area contributed by atoms with Crippen LogP contribution >= 0.6 is 0 Å². The topological polar surface area (TPSA) is 55.6 Å². The molecule has 1 aliphatic rings. The molecule has 4 nitrogen and oxygen atoms in total. The van der Waals surface area contributed by atoms with Crippen molar-refractivity contribution in [1.82, 2.24) is 4.90 Å². The van der Waals surface area contributed by atoms with Crippen molar-refractivity contribution in [2.75, 3.05) is 20.1 Å². The predicted molar refractivity (Wildman–Crippen MR) is 41.2 cm³/mol. The summed E-state index contributed by atoms with van der Waals surface area (Å²) in [5.41, 5.74) is 5.32. The minimum atomic E-state index is -0.216.